The first-order valence-electron chi connectivity index (χ1n) is 6.77. The Morgan fingerprint density at radius 3 is 2.95 bits per heavy atom. The van der Waals surface area contributed by atoms with E-state index in [1.54, 1.807) is 23.3 Å². The molecule has 21 heavy (non-hydrogen) atoms. The van der Waals surface area contributed by atoms with Crippen molar-refractivity contribution < 1.29 is 4.79 Å². The molecule has 0 saturated heterocycles. The molecule has 0 spiro atoms. The summed E-state index contributed by atoms with van der Waals surface area (Å²) in [7, 11) is 3.76. The summed E-state index contributed by atoms with van der Waals surface area (Å²) in [6, 6.07) is 3.71. The quantitative estimate of drug-likeness (QED) is 0.838. The van der Waals surface area contributed by atoms with E-state index in [1.165, 1.54) is 0 Å². The number of amides is 1. The first-order chi connectivity index (χ1) is 10.1. The molecule has 0 aliphatic carbocycles. The van der Waals surface area contributed by atoms with Gasteiger partial charge in [-0.25, -0.2) is 0 Å². The van der Waals surface area contributed by atoms with Crippen molar-refractivity contribution in [2.24, 2.45) is 7.05 Å². The molecule has 2 heterocycles. The largest absolute Gasteiger partial charge is 0.345 e. The van der Waals surface area contributed by atoms with Gasteiger partial charge in [0.05, 0.1) is 12.6 Å². The zero-order chi connectivity index (χ0) is 15.2. The molecule has 0 radical (unpaired) electrons. The minimum atomic E-state index is -0.170. The smallest absolute Gasteiger partial charge is 0.234 e. The summed E-state index contributed by atoms with van der Waals surface area (Å²) in [5.74, 6) is 0.690. The Morgan fingerprint density at radius 2 is 2.33 bits per heavy atom. The lowest BCUT2D eigenvalue weighted by molar-refractivity contribution is -0.122. The van der Waals surface area contributed by atoms with Crippen molar-refractivity contribution in [2.45, 2.75) is 19.5 Å². The average molecular weight is 288 g/mol. The zero-order valence-electron chi connectivity index (χ0n) is 12.5. The van der Waals surface area contributed by atoms with Gasteiger partial charge in [-0.15, -0.1) is 10.2 Å². The van der Waals surface area contributed by atoms with Gasteiger partial charge in [0, 0.05) is 26.0 Å². The summed E-state index contributed by atoms with van der Waals surface area (Å²) in [6.07, 6.45) is 5.15. The molecule has 7 nitrogen and oxygen atoms in total. The first-order valence-corrected chi connectivity index (χ1v) is 6.77. The minimum absolute atomic E-state index is 0.0445. The van der Waals surface area contributed by atoms with Crippen LogP contribution < -0.4 is 5.32 Å². The van der Waals surface area contributed by atoms with Crippen molar-refractivity contribution in [3.05, 3.63) is 42.2 Å². The maximum Gasteiger partial charge on any atom is 0.234 e. The number of hydrogen-bond donors (Lipinski definition) is 1. The Labute approximate surface area is 124 Å². The molecule has 2 rings (SSSR count). The number of hydrogen-bond acceptors (Lipinski definition) is 5. The molecule has 0 aliphatic rings. The second kappa shape index (κ2) is 6.94. The van der Waals surface area contributed by atoms with Crippen LogP contribution in [0.5, 0.6) is 0 Å². The molecule has 0 saturated carbocycles. The average Bonchev–Trinajstić information content (AvgIpc) is 2.85. The van der Waals surface area contributed by atoms with Crippen LogP contribution in [0.1, 0.15) is 24.4 Å². The molecule has 2 aromatic rings. The molecule has 0 aromatic carbocycles. The molecular formula is C14H20N6O. The van der Waals surface area contributed by atoms with Crippen LogP contribution >= 0.6 is 0 Å². The van der Waals surface area contributed by atoms with Gasteiger partial charge in [0.1, 0.15) is 6.33 Å². The standard InChI is InChI=1S/C14H20N6O/c1-11(14-18-16-10-20(14)3)17-13(21)9-19(2)8-12-5-4-6-15-7-12/h4-7,10-11H,8-9H2,1-3H3,(H,17,21)/t11-/m1/s1. The normalized spacial score (nSPS) is 12.4. The predicted molar refractivity (Wildman–Crippen MR) is 78.1 cm³/mol. The molecule has 0 unspecified atom stereocenters. The van der Waals surface area contributed by atoms with Gasteiger partial charge < -0.3 is 9.88 Å². The maximum absolute atomic E-state index is 12.0. The molecule has 0 aliphatic heterocycles. The number of likely N-dealkylation sites (N-methyl/N-ethyl adjacent to an activating group) is 1. The fourth-order valence-corrected chi connectivity index (χ4v) is 2.14. The number of nitrogens with one attached hydrogen (secondary N) is 1. The highest BCUT2D eigenvalue weighted by atomic mass is 16.2. The van der Waals surface area contributed by atoms with Crippen LogP contribution in [0.3, 0.4) is 0 Å². The molecule has 1 N–H and O–H groups in total. The lowest BCUT2D eigenvalue weighted by atomic mass is 10.2. The van der Waals surface area contributed by atoms with Crippen LogP contribution in [0.15, 0.2) is 30.9 Å². The summed E-state index contributed by atoms with van der Waals surface area (Å²) in [4.78, 5) is 18.0. The number of nitrogens with zero attached hydrogens (tertiary/aromatic N) is 5. The first kappa shape index (κ1) is 15.1. The van der Waals surface area contributed by atoms with Gasteiger partial charge in [-0.3, -0.25) is 14.7 Å². The maximum atomic E-state index is 12.0. The molecule has 1 amide bonds. The number of rotatable bonds is 6. The van der Waals surface area contributed by atoms with Crippen LogP contribution in [0.25, 0.3) is 0 Å². The zero-order valence-corrected chi connectivity index (χ0v) is 12.5. The van der Waals surface area contributed by atoms with E-state index in [1.807, 2.05) is 38.1 Å². The Morgan fingerprint density at radius 1 is 1.52 bits per heavy atom. The Hall–Kier alpha value is -2.28. The van der Waals surface area contributed by atoms with Crippen LogP contribution in [0.4, 0.5) is 0 Å². The third-order valence-electron chi connectivity index (χ3n) is 3.10. The predicted octanol–water partition coefficient (Wildman–Crippen LogP) is 0.519. The number of pyridine rings is 1. The van der Waals surface area contributed by atoms with E-state index in [0.29, 0.717) is 13.1 Å². The van der Waals surface area contributed by atoms with E-state index in [4.69, 9.17) is 0 Å². The Balaban J connectivity index is 1.83. The molecule has 1 atom stereocenters. The van der Waals surface area contributed by atoms with Gasteiger partial charge in [0.15, 0.2) is 5.82 Å². The molecule has 112 valence electrons. The molecule has 7 heteroatoms. The van der Waals surface area contributed by atoms with Gasteiger partial charge in [-0.2, -0.15) is 0 Å². The summed E-state index contributed by atoms with van der Waals surface area (Å²) in [5, 5.41) is 10.7. The van der Waals surface area contributed by atoms with Crippen LogP contribution in [-0.2, 0) is 18.4 Å². The molecule has 0 fully saturated rings. The fraction of sp³-hybridized carbons (Fsp3) is 0.429. The van der Waals surface area contributed by atoms with Crippen molar-refractivity contribution in [1.29, 1.82) is 0 Å². The van der Waals surface area contributed by atoms with E-state index in [0.717, 1.165) is 11.4 Å². The van der Waals surface area contributed by atoms with Crippen molar-refractivity contribution in [3.63, 3.8) is 0 Å². The lowest BCUT2D eigenvalue weighted by Gasteiger charge is -2.18. The van der Waals surface area contributed by atoms with Crippen molar-refractivity contribution in [3.8, 4) is 0 Å². The Kier molecular flexibility index (Phi) is 4.99. The molecule has 2 aromatic heterocycles. The number of aromatic nitrogens is 4. The highest BCUT2D eigenvalue weighted by Crippen LogP contribution is 2.07. The van der Waals surface area contributed by atoms with Gasteiger partial charge in [-0.1, -0.05) is 6.07 Å². The summed E-state index contributed by atoms with van der Waals surface area (Å²) < 4.78 is 1.80. The summed E-state index contributed by atoms with van der Waals surface area (Å²) >= 11 is 0. The number of carbonyl (C=O) groups excluding carboxylic acids is 1. The summed E-state index contributed by atoms with van der Waals surface area (Å²) in [6.45, 7) is 2.89. The van der Waals surface area contributed by atoms with Gasteiger partial charge >= 0.3 is 0 Å². The third kappa shape index (κ3) is 4.35. The molecular weight excluding hydrogens is 268 g/mol. The van der Waals surface area contributed by atoms with Crippen molar-refractivity contribution in [1.82, 2.24) is 30.0 Å². The highest BCUT2D eigenvalue weighted by molar-refractivity contribution is 5.78. The topological polar surface area (TPSA) is 75.9 Å². The van der Waals surface area contributed by atoms with Gasteiger partial charge in [0.2, 0.25) is 5.91 Å². The van der Waals surface area contributed by atoms with Crippen molar-refractivity contribution >= 4 is 5.91 Å². The third-order valence-corrected chi connectivity index (χ3v) is 3.10. The fourth-order valence-electron chi connectivity index (χ4n) is 2.14. The van der Waals surface area contributed by atoms with E-state index in [2.05, 4.69) is 20.5 Å². The SMILES string of the molecule is C[C@@H](NC(=O)CN(C)Cc1cccnc1)c1nncn1C. The minimum Gasteiger partial charge on any atom is -0.345 e. The van der Waals surface area contributed by atoms with Gasteiger partial charge in [0.25, 0.3) is 0 Å². The second-order valence-corrected chi connectivity index (χ2v) is 5.12. The van der Waals surface area contributed by atoms with Crippen LogP contribution in [0.2, 0.25) is 0 Å². The number of carbonyl (C=O) groups is 1. The number of aryl methyl sites for hydroxylation is 1. The van der Waals surface area contributed by atoms with E-state index >= 15 is 0 Å². The second-order valence-electron chi connectivity index (χ2n) is 5.12. The van der Waals surface area contributed by atoms with E-state index < -0.39 is 0 Å². The monoisotopic (exact) mass is 288 g/mol. The van der Waals surface area contributed by atoms with Crippen LogP contribution in [0, 0.1) is 0 Å². The Bertz CT molecular complexity index is 582. The van der Waals surface area contributed by atoms with E-state index in [-0.39, 0.29) is 11.9 Å². The highest BCUT2D eigenvalue weighted by Gasteiger charge is 2.15. The lowest BCUT2D eigenvalue weighted by Crippen LogP contribution is -2.36. The van der Waals surface area contributed by atoms with E-state index in [9.17, 15) is 4.79 Å². The van der Waals surface area contributed by atoms with Crippen LogP contribution in [-0.4, -0.2) is 44.1 Å². The van der Waals surface area contributed by atoms with Gasteiger partial charge in [-0.05, 0) is 25.6 Å². The van der Waals surface area contributed by atoms with Crippen molar-refractivity contribution in [2.75, 3.05) is 13.6 Å². The summed E-state index contributed by atoms with van der Waals surface area (Å²) in [5.41, 5.74) is 1.08. The molecule has 0 bridgehead atoms.